The molecule has 0 radical (unpaired) electrons. The van der Waals surface area contributed by atoms with Crippen molar-refractivity contribution in [3.8, 4) is 0 Å². The first kappa shape index (κ1) is 29.2. The van der Waals surface area contributed by atoms with Crippen LogP contribution in [0.25, 0.3) is 0 Å². The number of hydrogen-bond acceptors (Lipinski definition) is 5. The number of benzene rings is 2. The molecule has 2 aromatic carbocycles. The van der Waals surface area contributed by atoms with Crippen LogP contribution >= 0.6 is 0 Å². The van der Waals surface area contributed by atoms with Gasteiger partial charge >= 0.3 is 0 Å². The predicted molar refractivity (Wildman–Crippen MR) is 153 cm³/mol. The van der Waals surface area contributed by atoms with Gasteiger partial charge in [0.2, 0.25) is 21.8 Å². The van der Waals surface area contributed by atoms with E-state index in [0.29, 0.717) is 5.92 Å². The van der Waals surface area contributed by atoms with Crippen molar-refractivity contribution < 1.29 is 18.0 Å². The zero-order chi connectivity index (χ0) is 28.0. The van der Waals surface area contributed by atoms with Crippen molar-refractivity contribution in [1.82, 2.24) is 20.3 Å². The number of carbonyl (C=O) groups is 2. The number of sulfonamides is 1. The monoisotopic (exact) mass is 554 g/mol. The standard InChI is InChI=1S/C30H42N4O4S/c1-21(2)20-31-15-5-6-23-11-14-26-24(18-23)7-4-8-27(26)33-29(35)19-28-30(36)32-16-17-34(28)39(37,38)25-12-9-22(3)10-13-25/h9-14,18,21,27-28,31H,4-8,15-17,19-20H2,1-3H3,(H,32,36)(H,33,35)/t27-,28-/m1/s1. The van der Waals surface area contributed by atoms with E-state index in [9.17, 15) is 18.0 Å². The molecule has 1 heterocycles. The predicted octanol–water partition coefficient (Wildman–Crippen LogP) is 3.25. The Balaban J connectivity index is 1.40. The van der Waals surface area contributed by atoms with Crippen molar-refractivity contribution in [2.45, 2.75) is 76.3 Å². The molecule has 0 saturated carbocycles. The van der Waals surface area contributed by atoms with Gasteiger partial charge in [-0.3, -0.25) is 9.59 Å². The molecule has 0 unspecified atom stereocenters. The lowest BCUT2D eigenvalue weighted by Gasteiger charge is -2.34. The quantitative estimate of drug-likeness (QED) is 0.370. The van der Waals surface area contributed by atoms with Crippen molar-refractivity contribution in [1.29, 1.82) is 0 Å². The van der Waals surface area contributed by atoms with Gasteiger partial charge in [-0.1, -0.05) is 49.7 Å². The van der Waals surface area contributed by atoms with E-state index >= 15 is 0 Å². The van der Waals surface area contributed by atoms with E-state index in [1.165, 1.54) is 15.4 Å². The van der Waals surface area contributed by atoms with Crippen LogP contribution < -0.4 is 16.0 Å². The van der Waals surface area contributed by atoms with E-state index in [1.54, 1.807) is 24.3 Å². The number of carbonyl (C=O) groups excluding carboxylic acids is 2. The maximum atomic E-state index is 13.4. The fraction of sp³-hybridized carbons (Fsp3) is 0.533. The van der Waals surface area contributed by atoms with Gasteiger partial charge in [-0.15, -0.1) is 0 Å². The number of rotatable bonds is 11. The summed E-state index contributed by atoms with van der Waals surface area (Å²) in [5, 5.41) is 9.32. The van der Waals surface area contributed by atoms with E-state index in [0.717, 1.165) is 56.3 Å². The van der Waals surface area contributed by atoms with E-state index in [2.05, 4.69) is 48.0 Å². The lowest BCUT2D eigenvalue weighted by molar-refractivity contribution is -0.132. The summed E-state index contributed by atoms with van der Waals surface area (Å²) >= 11 is 0. The Labute approximate surface area is 233 Å². The highest BCUT2D eigenvalue weighted by atomic mass is 32.2. The average molecular weight is 555 g/mol. The lowest BCUT2D eigenvalue weighted by atomic mass is 9.86. The van der Waals surface area contributed by atoms with Crippen molar-refractivity contribution in [2.24, 2.45) is 5.92 Å². The maximum absolute atomic E-state index is 13.4. The van der Waals surface area contributed by atoms with Crippen LogP contribution in [0.1, 0.15) is 67.8 Å². The summed E-state index contributed by atoms with van der Waals surface area (Å²) in [5.41, 5.74) is 4.63. The van der Waals surface area contributed by atoms with Crippen LogP contribution in [0.4, 0.5) is 0 Å². The van der Waals surface area contributed by atoms with Crippen LogP contribution in [0, 0.1) is 12.8 Å². The minimum atomic E-state index is -3.92. The molecule has 0 aromatic heterocycles. The van der Waals surface area contributed by atoms with Gasteiger partial charge in [0.15, 0.2) is 0 Å². The smallest absolute Gasteiger partial charge is 0.243 e. The Morgan fingerprint density at radius 1 is 1.15 bits per heavy atom. The second-order valence-corrected chi connectivity index (χ2v) is 13.1. The highest BCUT2D eigenvalue weighted by Crippen LogP contribution is 2.31. The third kappa shape index (κ3) is 7.47. The fourth-order valence-electron chi connectivity index (χ4n) is 5.43. The molecule has 9 heteroatoms. The second-order valence-electron chi connectivity index (χ2n) is 11.2. The topological polar surface area (TPSA) is 108 Å². The summed E-state index contributed by atoms with van der Waals surface area (Å²) in [7, 11) is -3.92. The van der Waals surface area contributed by atoms with Crippen molar-refractivity contribution >= 4 is 21.8 Å². The first-order valence-corrected chi connectivity index (χ1v) is 15.6. The number of piperazine rings is 1. The summed E-state index contributed by atoms with van der Waals surface area (Å²) in [6.07, 6.45) is 4.64. The number of nitrogens with one attached hydrogen (secondary N) is 3. The number of fused-ring (bicyclic) bond motifs is 1. The highest BCUT2D eigenvalue weighted by molar-refractivity contribution is 7.89. The van der Waals surface area contributed by atoms with Gasteiger partial charge in [0, 0.05) is 13.1 Å². The molecule has 8 nitrogen and oxygen atoms in total. The molecular formula is C30H42N4O4S. The molecule has 1 aliphatic carbocycles. The highest BCUT2D eigenvalue weighted by Gasteiger charge is 2.40. The fourth-order valence-corrected chi connectivity index (χ4v) is 7.02. The van der Waals surface area contributed by atoms with Crippen LogP contribution in [-0.2, 0) is 32.5 Å². The molecule has 2 aliphatic rings. The number of amides is 2. The first-order valence-electron chi connectivity index (χ1n) is 14.1. The third-order valence-electron chi connectivity index (χ3n) is 7.52. The van der Waals surface area contributed by atoms with Gasteiger partial charge < -0.3 is 16.0 Å². The summed E-state index contributed by atoms with van der Waals surface area (Å²) < 4.78 is 27.9. The van der Waals surface area contributed by atoms with E-state index < -0.39 is 22.0 Å². The molecule has 2 atom stereocenters. The summed E-state index contributed by atoms with van der Waals surface area (Å²) in [6, 6.07) is 11.9. The minimum absolute atomic E-state index is 0.126. The van der Waals surface area contributed by atoms with Crippen molar-refractivity contribution in [3.63, 3.8) is 0 Å². The average Bonchev–Trinajstić information content (AvgIpc) is 2.89. The van der Waals surface area contributed by atoms with Crippen LogP contribution in [0.3, 0.4) is 0 Å². The van der Waals surface area contributed by atoms with E-state index in [1.807, 2.05) is 6.92 Å². The Hall–Kier alpha value is -2.75. The Morgan fingerprint density at radius 2 is 1.92 bits per heavy atom. The molecule has 1 saturated heterocycles. The molecule has 3 N–H and O–H groups in total. The molecule has 39 heavy (non-hydrogen) atoms. The number of hydrogen-bond donors (Lipinski definition) is 3. The number of nitrogens with zero attached hydrogens (tertiary/aromatic N) is 1. The van der Waals surface area contributed by atoms with Gasteiger partial charge in [-0.25, -0.2) is 8.42 Å². The summed E-state index contributed by atoms with van der Waals surface area (Å²) in [4.78, 5) is 26.1. The Morgan fingerprint density at radius 3 is 2.67 bits per heavy atom. The molecule has 4 rings (SSSR count). The summed E-state index contributed by atoms with van der Waals surface area (Å²) in [5.74, 6) is -0.114. The Kier molecular flexibility index (Phi) is 9.80. The van der Waals surface area contributed by atoms with E-state index in [4.69, 9.17) is 0 Å². The third-order valence-corrected chi connectivity index (χ3v) is 9.44. The first-order chi connectivity index (χ1) is 18.6. The minimum Gasteiger partial charge on any atom is -0.353 e. The SMILES string of the molecule is Cc1ccc(S(=O)(=O)N2CCNC(=O)[C@H]2CC(=O)N[C@@H]2CCCc3cc(CCCNCC(C)C)ccc32)cc1. The van der Waals surface area contributed by atoms with Crippen molar-refractivity contribution in [3.05, 3.63) is 64.7 Å². The maximum Gasteiger partial charge on any atom is 0.243 e. The Bertz CT molecular complexity index is 1260. The second kappa shape index (κ2) is 13.1. The van der Waals surface area contributed by atoms with Crippen LogP contribution in [-0.4, -0.2) is 56.8 Å². The van der Waals surface area contributed by atoms with Gasteiger partial charge in [0.1, 0.15) is 6.04 Å². The van der Waals surface area contributed by atoms with Gasteiger partial charge in [0.25, 0.3) is 0 Å². The van der Waals surface area contributed by atoms with Crippen LogP contribution in [0.2, 0.25) is 0 Å². The van der Waals surface area contributed by atoms with Gasteiger partial charge in [-0.05, 0) is 86.9 Å². The molecule has 2 amide bonds. The van der Waals surface area contributed by atoms with Gasteiger partial charge in [0.05, 0.1) is 17.4 Å². The zero-order valence-electron chi connectivity index (χ0n) is 23.3. The molecule has 1 fully saturated rings. The summed E-state index contributed by atoms with van der Waals surface area (Å²) in [6.45, 7) is 8.67. The normalized spacial score (nSPS) is 19.9. The number of aryl methyl sites for hydroxylation is 3. The zero-order valence-corrected chi connectivity index (χ0v) is 24.1. The van der Waals surface area contributed by atoms with Crippen LogP contribution in [0.15, 0.2) is 47.4 Å². The molecule has 0 spiro atoms. The molecule has 2 aromatic rings. The molecule has 1 aliphatic heterocycles. The molecule has 212 valence electrons. The lowest BCUT2D eigenvalue weighted by Crippen LogP contribution is -2.58. The largest absolute Gasteiger partial charge is 0.353 e. The van der Waals surface area contributed by atoms with Crippen molar-refractivity contribution in [2.75, 3.05) is 26.2 Å². The molecular weight excluding hydrogens is 512 g/mol. The van der Waals surface area contributed by atoms with Crippen LogP contribution in [0.5, 0.6) is 0 Å². The molecule has 0 bridgehead atoms. The van der Waals surface area contributed by atoms with Gasteiger partial charge in [-0.2, -0.15) is 4.31 Å². The van der Waals surface area contributed by atoms with E-state index in [-0.39, 0.29) is 36.4 Å².